The minimum Gasteiger partial charge on any atom is -0.381 e. The zero-order valence-electron chi connectivity index (χ0n) is 11.8. The van der Waals surface area contributed by atoms with Crippen molar-refractivity contribution in [2.24, 2.45) is 0 Å². The topological polar surface area (TPSA) is 38.8 Å². The number of methoxy groups -OCH3 is 1. The Hall–Kier alpha value is -1.17. The summed E-state index contributed by atoms with van der Waals surface area (Å²) in [6, 6.07) is 4.03. The zero-order chi connectivity index (χ0) is 15.0. The minimum atomic E-state index is -0.521. The molecule has 0 unspecified atom stereocenters. The highest BCUT2D eigenvalue weighted by Crippen LogP contribution is 2.36. The molecule has 0 N–H and O–H groups in total. The fraction of sp³-hybridized carbons (Fsp3) is 0.533. The highest BCUT2D eigenvalue weighted by Gasteiger charge is 2.49. The van der Waals surface area contributed by atoms with Gasteiger partial charge in [-0.15, -0.1) is 0 Å². The molecule has 2 heterocycles. The first-order valence-corrected chi connectivity index (χ1v) is 7.32. The molecule has 0 bridgehead atoms. The smallest absolute Gasteiger partial charge is 0.254 e. The van der Waals surface area contributed by atoms with Gasteiger partial charge in [-0.25, -0.2) is 4.39 Å². The molecule has 1 atom stereocenters. The van der Waals surface area contributed by atoms with Crippen molar-refractivity contribution in [3.05, 3.63) is 34.6 Å². The molecule has 114 valence electrons. The molecule has 0 radical (unpaired) electrons. The first-order valence-electron chi connectivity index (χ1n) is 6.94. The Labute approximate surface area is 127 Å². The lowest BCUT2D eigenvalue weighted by molar-refractivity contribution is -0.181. The van der Waals surface area contributed by atoms with Crippen LogP contribution >= 0.6 is 11.6 Å². The summed E-state index contributed by atoms with van der Waals surface area (Å²) in [6.07, 6.45) is 1.88. The molecule has 21 heavy (non-hydrogen) atoms. The van der Waals surface area contributed by atoms with Gasteiger partial charge in [0, 0.05) is 25.7 Å². The van der Waals surface area contributed by atoms with Gasteiger partial charge in [-0.3, -0.25) is 4.79 Å². The standard InChI is InChI=1S/C15H17ClFNO3/c1-20-11-4-5-21-15(7-11)8-18(9-15)14(19)10-2-3-13(17)12(16)6-10/h2-3,6,11H,4-5,7-9H2,1H3/t11-/m1/s1. The molecule has 3 rings (SSSR count). The molecule has 2 saturated heterocycles. The van der Waals surface area contributed by atoms with Crippen molar-refractivity contribution in [2.75, 3.05) is 26.8 Å². The molecule has 6 heteroatoms. The summed E-state index contributed by atoms with van der Waals surface area (Å²) >= 11 is 5.72. The van der Waals surface area contributed by atoms with Crippen molar-refractivity contribution in [2.45, 2.75) is 24.5 Å². The number of nitrogens with zero attached hydrogens (tertiary/aromatic N) is 1. The van der Waals surface area contributed by atoms with E-state index in [9.17, 15) is 9.18 Å². The average molecular weight is 314 g/mol. The summed E-state index contributed by atoms with van der Waals surface area (Å²) in [5.41, 5.74) is 0.119. The van der Waals surface area contributed by atoms with E-state index in [2.05, 4.69) is 0 Å². The van der Waals surface area contributed by atoms with Crippen LogP contribution in [0.3, 0.4) is 0 Å². The van der Waals surface area contributed by atoms with E-state index < -0.39 is 5.82 Å². The van der Waals surface area contributed by atoms with Crippen LogP contribution in [0.2, 0.25) is 5.02 Å². The summed E-state index contributed by atoms with van der Waals surface area (Å²) in [7, 11) is 1.70. The second-order valence-electron chi connectivity index (χ2n) is 5.67. The number of hydrogen-bond donors (Lipinski definition) is 0. The van der Waals surface area contributed by atoms with Crippen molar-refractivity contribution in [3.8, 4) is 0 Å². The molecular formula is C15H17ClFNO3. The molecule has 1 aromatic rings. The number of ether oxygens (including phenoxy) is 2. The van der Waals surface area contributed by atoms with Crippen molar-refractivity contribution in [3.63, 3.8) is 0 Å². The second kappa shape index (κ2) is 5.55. The Bertz CT molecular complexity index is 560. The highest BCUT2D eigenvalue weighted by atomic mass is 35.5. The minimum absolute atomic E-state index is 0.0375. The first kappa shape index (κ1) is 14.8. The number of amides is 1. The lowest BCUT2D eigenvalue weighted by atomic mass is 9.84. The van der Waals surface area contributed by atoms with Gasteiger partial charge < -0.3 is 14.4 Å². The summed E-state index contributed by atoms with van der Waals surface area (Å²) < 4.78 is 24.4. The largest absolute Gasteiger partial charge is 0.381 e. The average Bonchev–Trinajstić information content (AvgIpc) is 2.47. The van der Waals surface area contributed by atoms with E-state index in [1.807, 2.05) is 0 Å². The van der Waals surface area contributed by atoms with E-state index in [0.29, 0.717) is 25.3 Å². The van der Waals surface area contributed by atoms with Gasteiger partial charge in [0.15, 0.2) is 0 Å². The normalized spacial score (nSPS) is 24.0. The summed E-state index contributed by atoms with van der Waals surface area (Å²) in [4.78, 5) is 14.0. The third-order valence-corrected chi connectivity index (χ3v) is 4.48. The van der Waals surface area contributed by atoms with Gasteiger partial charge in [0.05, 0.1) is 24.2 Å². The van der Waals surface area contributed by atoms with Crippen molar-refractivity contribution >= 4 is 17.5 Å². The number of rotatable bonds is 2. The summed E-state index contributed by atoms with van der Waals surface area (Å²) in [5.74, 6) is -0.669. The maximum absolute atomic E-state index is 13.1. The van der Waals surface area contributed by atoms with Crippen LogP contribution in [0, 0.1) is 5.82 Å². The van der Waals surface area contributed by atoms with E-state index in [-0.39, 0.29) is 22.6 Å². The number of carbonyl (C=O) groups excluding carboxylic acids is 1. The fourth-order valence-electron chi connectivity index (χ4n) is 3.01. The molecule has 4 nitrogen and oxygen atoms in total. The SMILES string of the molecule is CO[C@@H]1CCOC2(C1)CN(C(=O)c1ccc(F)c(Cl)c1)C2. The van der Waals surface area contributed by atoms with Crippen LogP contribution in [0.1, 0.15) is 23.2 Å². The van der Waals surface area contributed by atoms with Gasteiger partial charge in [0.2, 0.25) is 0 Å². The van der Waals surface area contributed by atoms with Crippen molar-refractivity contribution in [1.29, 1.82) is 0 Å². The Balaban J connectivity index is 1.65. The van der Waals surface area contributed by atoms with Gasteiger partial charge in [-0.05, 0) is 24.6 Å². The van der Waals surface area contributed by atoms with E-state index >= 15 is 0 Å². The maximum Gasteiger partial charge on any atom is 0.254 e. The quantitative estimate of drug-likeness (QED) is 0.842. The van der Waals surface area contributed by atoms with E-state index in [0.717, 1.165) is 12.8 Å². The number of halogens is 2. The Morgan fingerprint density at radius 1 is 1.52 bits per heavy atom. The number of likely N-dealkylation sites (tertiary alicyclic amines) is 1. The zero-order valence-corrected chi connectivity index (χ0v) is 12.5. The lowest BCUT2D eigenvalue weighted by Gasteiger charge is -2.52. The molecule has 1 aromatic carbocycles. The van der Waals surface area contributed by atoms with Crippen LogP contribution < -0.4 is 0 Å². The molecule has 0 saturated carbocycles. The molecule has 1 spiro atoms. The number of benzene rings is 1. The Kier molecular flexibility index (Phi) is 3.90. The molecule has 1 amide bonds. The Morgan fingerprint density at radius 2 is 2.29 bits per heavy atom. The van der Waals surface area contributed by atoms with Crippen LogP contribution in [0.4, 0.5) is 4.39 Å². The first-order chi connectivity index (χ1) is 10.0. The van der Waals surface area contributed by atoms with E-state index in [1.54, 1.807) is 12.0 Å². The predicted octanol–water partition coefficient (Wildman–Crippen LogP) is 2.50. The number of hydrogen-bond acceptors (Lipinski definition) is 3. The third-order valence-electron chi connectivity index (χ3n) is 4.19. The van der Waals surface area contributed by atoms with Crippen molar-refractivity contribution in [1.82, 2.24) is 4.90 Å². The van der Waals surface area contributed by atoms with E-state index in [4.69, 9.17) is 21.1 Å². The van der Waals surface area contributed by atoms with Crippen LogP contribution in [-0.4, -0.2) is 49.3 Å². The van der Waals surface area contributed by atoms with Crippen LogP contribution in [-0.2, 0) is 9.47 Å². The van der Waals surface area contributed by atoms with Gasteiger partial charge in [0.1, 0.15) is 11.4 Å². The maximum atomic E-state index is 13.1. The highest BCUT2D eigenvalue weighted by molar-refractivity contribution is 6.31. The third kappa shape index (κ3) is 2.78. The summed E-state index contributed by atoms with van der Waals surface area (Å²) in [5, 5.41) is -0.0375. The van der Waals surface area contributed by atoms with Gasteiger partial charge >= 0.3 is 0 Å². The van der Waals surface area contributed by atoms with Crippen molar-refractivity contribution < 1.29 is 18.7 Å². The fourth-order valence-corrected chi connectivity index (χ4v) is 3.19. The summed E-state index contributed by atoms with van der Waals surface area (Å²) in [6.45, 7) is 1.74. The van der Waals surface area contributed by atoms with Crippen LogP contribution in [0.15, 0.2) is 18.2 Å². The number of carbonyl (C=O) groups is 1. The lowest BCUT2D eigenvalue weighted by Crippen LogP contribution is -2.67. The molecular weight excluding hydrogens is 297 g/mol. The van der Waals surface area contributed by atoms with Gasteiger partial charge in [0.25, 0.3) is 5.91 Å². The Morgan fingerprint density at radius 3 is 2.95 bits per heavy atom. The molecule has 2 aliphatic heterocycles. The van der Waals surface area contributed by atoms with E-state index in [1.165, 1.54) is 18.2 Å². The predicted molar refractivity (Wildman–Crippen MR) is 76.0 cm³/mol. The monoisotopic (exact) mass is 313 g/mol. The molecule has 2 aliphatic rings. The van der Waals surface area contributed by atoms with Crippen LogP contribution in [0.25, 0.3) is 0 Å². The van der Waals surface area contributed by atoms with Gasteiger partial charge in [-0.2, -0.15) is 0 Å². The second-order valence-corrected chi connectivity index (χ2v) is 6.08. The van der Waals surface area contributed by atoms with Gasteiger partial charge in [-0.1, -0.05) is 11.6 Å². The van der Waals surface area contributed by atoms with Crippen LogP contribution in [0.5, 0.6) is 0 Å². The molecule has 0 aliphatic carbocycles. The molecule has 0 aromatic heterocycles. The molecule has 2 fully saturated rings.